The van der Waals surface area contributed by atoms with Gasteiger partial charge in [0.25, 0.3) is 0 Å². The SMILES string of the molecule is NCC1(C(=O)NCC2CCc3ccccc32)CCOCC1. The van der Waals surface area contributed by atoms with Crippen molar-refractivity contribution in [1.29, 1.82) is 0 Å². The van der Waals surface area contributed by atoms with Gasteiger partial charge in [0, 0.05) is 32.2 Å². The zero-order valence-electron chi connectivity index (χ0n) is 12.4. The number of nitrogens with one attached hydrogen (secondary N) is 1. The van der Waals surface area contributed by atoms with Gasteiger partial charge in [-0.05, 0) is 36.8 Å². The Morgan fingerprint density at radius 2 is 2.10 bits per heavy atom. The normalized spacial score (nSPS) is 23.6. The molecule has 1 unspecified atom stereocenters. The topological polar surface area (TPSA) is 64.4 Å². The summed E-state index contributed by atoms with van der Waals surface area (Å²) >= 11 is 0. The fourth-order valence-electron chi connectivity index (χ4n) is 3.55. The van der Waals surface area contributed by atoms with E-state index in [-0.39, 0.29) is 5.91 Å². The number of fused-ring (bicyclic) bond motifs is 1. The van der Waals surface area contributed by atoms with Crippen LogP contribution in [0.5, 0.6) is 0 Å². The van der Waals surface area contributed by atoms with Gasteiger partial charge in [-0.1, -0.05) is 24.3 Å². The van der Waals surface area contributed by atoms with Gasteiger partial charge in [0.05, 0.1) is 5.41 Å². The number of hydrogen-bond donors (Lipinski definition) is 2. The minimum atomic E-state index is -0.420. The number of rotatable bonds is 4. The van der Waals surface area contributed by atoms with Crippen LogP contribution in [0.3, 0.4) is 0 Å². The molecule has 2 aliphatic rings. The summed E-state index contributed by atoms with van der Waals surface area (Å²) in [6.07, 6.45) is 3.71. The fraction of sp³-hybridized carbons (Fsp3) is 0.588. The number of nitrogens with two attached hydrogens (primary N) is 1. The summed E-state index contributed by atoms with van der Waals surface area (Å²) in [5.74, 6) is 0.553. The van der Waals surface area contributed by atoms with Gasteiger partial charge in [-0.3, -0.25) is 4.79 Å². The summed E-state index contributed by atoms with van der Waals surface area (Å²) in [5.41, 5.74) is 8.28. The average Bonchev–Trinajstić information content (AvgIpc) is 2.96. The lowest BCUT2D eigenvalue weighted by atomic mass is 9.79. The van der Waals surface area contributed by atoms with Crippen molar-refractivity contribution in [3.63, 3.8) is 0 Å². The van der Waals surface area contributed by atoms with E-state index < -0.39 is 5.41 Å². The van der Waals surface area contributed by atoms with Crippen molar-refractivity contribution in [2.24, 2.45) is 11.1 Å². The molecule has 0 aromatic heterocycles. The van der Waals surface area contributed by atoms with Crippen molar-refractivity contribution in [3.05, 3.63) is 35.4 Å². The molecule has 0 spiro atoms. The molecule has 0 saturated carbocycles. The molecule has 1 aromatic rings. The minimum Gasteiger partial charge on any atom is -0.381 e. The predicted octanol–water partition coefficient (Wildman–Crippen LogP) is 1.59. The number of carbonyl (C=O) groups is 1. The highest BCUT2D eigenvalue weighted by atomic mass is 16.5. The van der Waals surface area contributed by atoms with Crippen LogP contribution in [0.4, 0.5) is 0 Å². The lowest BCUT2D eigenvalue weighted by molar-refractivity contribution is -0.135. The first-order chi connectivity index (χ1) is 10.2. The monoisotopic (exact) mass is 288 g/mol. The molecular formula is C17H24N2O2. The van der Waals surface area contributed by atoms with E-state index in [1.807, 2.05) is 0 Å². The molecule has 4 heteroatoms. The van der Waals surface area contributed by atoms with E-state index in [1.165, 1.54) is 11.1 Å². The van der Waals surface area contributed by atoms with E-state index in [4.69, 9.17) is 10.5 Å². The highest BCUT2D eigenvalue weighted by Gasteiger charge is 2.39. The Morgan fingerprint density at radius 1 is 1.33 bits per heavy atom. The van der Waals surface area contributed by atoms with Crippen LogP contribution in [-0.2, 0) is 16.0 Å². The minimum absolute atomic E-state index is 0.109. The molecule has 1 atom stereocenters. The Bertz CT molecular complexity index is 509. The molecule has 3 rings (SSSR count). The Balaban J connectivity index is 1.61. The molecule has 1 aromatic carbocycles. The second kappa shape index (κ2) is 6.16. The van der Waals surface area contributed by atoms with Crippen LogP contribution in [0, 0.1) is 5.41 Å². The number of carbonyl (C=O) groups excluding carboxylic acids is 1. The largest absolute Gasteiger partial charge is 0.381 e. The number of benzene rings is 1. The Hall–Kier alpha value is -1.39. The van der Waals surface area contributed by atoms with Crippen LogP contribution < -0.4 is 11.1 Å². The number of amides is 1. The fourth-order valence-corrected chi connectivity index (χ4v) is 3.55. The number of hydrogen-bond acceptors (Lipinski definition) is 3. The van der Waals surface area contributed by atoms with Gasteiger partial charge in [-0.15, -0.1) is 0 Å². The first kappa shape index (κ1) is 14.5. The lowest BCUT2D eigenvalue weighted by Gasteiger charge is -2.34. The molecule has 21 heavy (non-hydrogen) atoms. The zero-order chi connectivity index (χ0) is 14.7. The molecule has 1 heterocycles. The van der Waals surface area contributed by atoms with E-state index in [2.05, 4.69) is 29.6 Å². The van der Waals surface area contributed by atoms with Crippen molar-refractivity contribution < 1.29 is 9.53 Å². The molecule has 1 fully saturated rings. The molecular weight excluding hydrogens is 264 g/mol. The maximum atomic E-state index is 12.6. The van der Waals surface area contributed by atoms with Crippen LogP contribution in [0.25, 0.3) is 0 Å². The first-order valence-corrected chi connectivity index (χ1v) is 7.89. The second-order valence-electron chi connectivity index (χ2n) is 6.24. The average molecular weight is 288 g/mol. The van der Waals surface area contributed by atoms with Crippen molar-refractivity contribution >= 4 is 5.91 Å². The molecule has 0 radical (unpaired) electrons. The van der Waals surface area contributed by atoms with Gasteiger partial charge in [0.1, 0.15) is 0 Å². The summed E-state index contributed by atoms with van der Waals surface area (Å²) < 4.78 is 5.37. The third kappa shape index (κ3) is 2.83. The summed E-state index contributed by atoms with van der Waals surface area (Å²) in [7, 11) is 0. The van der Waals surface area contributed by atoms with E-state index >= 15 is 0 Å². The molecule has 114 valence electrons. The summed E-state index contributed by atoms with van der Waals surface area (Å²) in [5, 5.41) is 3.15. The van der Waals surface area contributed by atoms with Crippen LogP contribution in [0.15, 0.2) is 24.3 Å². The van der Waals surface area contributed by atoms with Crippen LogP contribution in [-0.4, -0.2) is 32.2 Å². The number of ether oxygens (including phenoxy) is 1. The summed E-state index contributed by atoms with van der Waals surface area (Å²) in [6.45, 7) is 2.40. The quantitative estimate of drug-likeness (QED) is 0.884. The van der Waals surface area contributed by atoms with Gasteiger partial charge in [-0.25, -0.2) is 0 Å². The van der Waals surface area contributed by atoms with Gasteiger partial charge < -0.3 is 15.8 Å². The third-order valence-corrected chi connectivity index (χ3v) is 5.09. The molecule has 1 aliphatic heterocycles. The highest BCUT2D eigenvalue weighted by molar-refractivity contribution is 5.83. The highest BCUT2D eigenvalue weighted by Crippen LogP contribution is 2.33. The lowest BCUT2D eigenvalue weighted by Crippen LogP contribution is -2.49. The zero-order valence-corrected chi connectivity index (χ0v) is 12.4. The maximum Gasteiger partial charge on any atom is 0.227 e. The molecule has 3 N–H and O–H groups in total. The summed E-state index contributed by atoms with van der Waals surface area (Å²) in [4.78, 5) is 12.6. The van der Waals surface area contributed by atoms with Crippen molar-refractivity contribution in [2.75, 3.05) is 26.3 Å². The van der Waals surface area contributed by atoms with Crippen molar-refractivity contribution in [2.45, 2.75) is 31.6 Å². The standard InChI is InChI=1S/C17H24N2O2/c18-12-17(7-9-21-10-8-17)16(20)19-11-14-6-5-13-3-1-2-4-15(13)14/h1-4,14H,5-12,18H2,(H,19,20). The molecule has 0 bridgehead atoms. The number of aryl methyl sites for hydroxylation is 1. The smallest absolute Gasteiger partial charge is 0.227 e. The van der Waals surface area contributed by atoms with Crippen molar-refractivity contribution in [1.82, 2.24) is 5.32 Å². The van der Waals surface area contributed by atoms with Crippen LogP contribution in [0.2, 0.25) is 0 Å². The second-order valence-corrected chi connectivity index (χ2v) is 6.24. The molecule has 4 nitrogen and oxygen atoms in total. The van der Waals surface area contributed by atoms with Gasteiger partial charge >= 0.3 is 0 Å². The Labute approximate surface area is 126 Å². The van der Waals surface area contributed by atoms with Crippen LogP contribution in [0.1, 0.15) is 36.3 Å². The van der Waals surface area contributed by atoms with E-state index in [1.54, 1.807) is 0 Å². The first-order valence-electron chi connectivity index (χ1n) is 7.89. The third-order valence-electron chi connectivity index (χ3n) is 5.09. The molecule has 1 saturated heterocycles. The Morgan fingerprint density at radius 3 is 2.86 bits per heavy atom. The maximum absolute atomic E-state index is 12.6. The van der Waals surface area contributed by atoms with E-state index in [9.17, 15) is 4.79 Å². The molecule has 1 amide bonds. The van der Waals surface area contributed by atoms with E-state index in [0.29, 0.717) is 25.7 Å². The van der Waals surface area contributed by atoms with Gasteiger partial charge in [-0.2, -0.15) is 0 Å². The molecule has 1 aliphatic carbocycles. The van der Waals surface area contributed by atoms with Crippen LogP contribution >= 0.6 is 0 Å². The van der Waals surface area contributed by atoms with Gasteiger partial charge in [0.2, 0.25) is 5.91 Å². The Kier molecular flexibility index (Phi) is 4.27. The van der Waals surface area contributed by atoms with Gasteiger partial charge in [0.15, 0.2) is 0 Å². The van der Waals surface area contributed by atoms with E-state index in [0.717, 1.165) is 32.2 Å². The predicted molar refractivity (Wildman–Crippen MR) is 82.1 cm³/mol. The van der Waals surface area contributed by atoms with Crippen molar-refractivity contribution in [3.8, 4) is 0 Å². The summed E-state index contributed by atoms with van der Waals surface area (Å²) in [6, 6.07) is 8.55.